The molecule has 0 aliphatic rings. The van der Waals surface area contributed by atoms with Gasteiger partial charge in [-0.1, -0.05) is 26.0 Å². The van der Waals surface area contributed by atoms with E-state index in [0.29, 0.717) is 5.75 Å². The lowest BCUT2D eigenvalue weighted by atomic mass is 9.87. The molecule has 0 saturated heterocycles. The summed E-state index contributed by atoms with van der Waals surface area (Å²) in [7, 11) is 1.54. The number of nitrogens with one attached hydrogen (secondary N) is 2. The molecule has 0 aliphatic heterocycles. The topological polar surface area (TPSA) is 125 Å². The summed E-state index contributed by atoms with van der Waals surface area (Å²) in [6.07, 6.45) is -1.61. The molecule has 8 nitrogen and oxygen atoms in total. The van der Waals surface area contributed by atoms with Crippen LogP contribution in [0.15, 0.2) is 24.3 Å². The smallest absolute Gasteiger partial charge is 0.287 e. The van der Waals surface area contributed by atoms with Gasteiger partial charge in [0.15, 0.2) is 0 Å². The highest BCUT2D eigenvalue weighted by Gasteiger charge is 2.32. The van der Waals surface area contributed by atoms with Crippen LogP contribution in [0.2, 0.25) is 0 Å². The molecule has 1 rings (SSSR count). The largest absolute Gasteiger partial charge is 0.497 e. The van der Waals surface area contributed by atoms with E-state index < -0.39 is 29.1 Å². The highest BCUT2D eigenvalue weighted by molar-refractivity contribution is 6.36. The Balaban J connectivity index is 2.38. The van der Waals surface area contributed by atoms with E-state index in [1.165, 1.54) is 21.0 Å². The molecule has 0 aromatic heterocycles. The van der Waals surface area contributed by atoms with Gasteiger partial charge in [-0.15, -0.1) is 0 Å². The van der Waals surface area contributed by atoms with Crippen molar-refractivity contribution in [2.75, 3.05) is 20.3 Å². The fourth-order valence-electron chi connectivity index (χ4n) is 2.01. The average molecular weight is 366 g/mol. The third kappa shape index (κ3) is 6.45. The molecule has 8 heteroatoms. The number of aliphatic hydroxyl groups excluding tert-OH is 2. The van der Waals surface area contributed by atoms with Crippen LogP contribution in [-0.2, 0) is 20.9 Å². The third-order valence-electron chi connectivity index (χ3n) is 3.89. The van der Waals surface area contributed by atoms with E-state index in [1.54, 1.807) is 24.3 Å². The summed E-state index contributed by atoms with van der Waals surface area (Å²) in [6, 6.07) is 7.08. The molecular formula is C18H26N2O6. The Morgan fingerprint density at radius 1 is 1.23 bits per heavy atom. The Labute approximate surface area is 152 Å². The number of rotatable bonds is 10. The van der Waals surface area contributed by atoms with Crippen molar-refractivity contribution in [1.29, 1.82) is 0 Å². The maximum atomic E-state index is 11.8. The van der Waals surface area contributed by atoms with Crippen LogP contribution in [0.5, 0.6) is 5.75 Å². The van der Waals surface area contributed by atoms with Crippen molar-refractivity contribution in [2.45, 2.75) is 32.9 Å². The molecule has 4 N–H and O–H groups in total. The molecule has 26 heavy (non-hydrogen) atoms. The molecule has 144 valence electrons. The minimum Gasteiger partial charge on any atom is -0.497 e. The molecule has 0 fully saturated rings. The molecule has 0 saturated carbocycles. The molecule has 1 aromatic carbocycles. The summed E-state index contributed by atoms with van der Waals surface area (Å²) in [5.74, 6) is -1.48. The third-order valence-corrected chi connectivity index (χ3v) is 3.89. The zero-order valence-electron chi connectivity index (χ0n) is 15.2. The maximum absolute atomic E-state index is 11.8. The van der Waals surface area contributed by atoms with Gasteiger partial charge in [0, 0.05) is 24.9 Å². The first-order chi connectivity index (χ1) is 12.2. The fourth-order valence-corrected chi connectivity index (χ4v) is 2.01. The first kappa shape index (κ1) is 21.6. The van der Waals surface area contributed by atoms with Crippen LogP contribution in [0.4, 0.5) is 0 Å². The number of hydrogen-bond acceptors (Lipinski definition) is 6. The Bertz CT molecular complexity index is 644. The van der Waals surface area contributed by atoms with Gasteiger partial charge in [0.1, 0.15) is 11.9 Å². The lowest BCUT2D eigenvalue weighted by Crippen LogP contribution is -2.46. The fraction of sp³-hybridized carbons (Fsp3) is 0.500. The molecular weight excluding hydrogens is 340 g/mol. The Morgan fingerprint density at radius 3 is 2.54 bits per heavy atom. The van der Waals surface area contributed by atoms with Crippen molar-refractivity contribution >= 4 is 17.6 Å². The van der Waals surface area contributed by atoms with Gasteiger partial charge in [-0.2, -0.15) is 0 Å². The van der Waals surface area contributed by atoms with Crippen LogP contribution in [-0.4, -0.2) is 54.2 Å². The van der Waals surface area contributed by atoms with E-state index in [4.69, 9.17) is 9.84 Å². The van der Waals surface area contributed by atoms with Crippen molar-refractivity contribution in [1.82, 2.24) is 10.6 Å². The number of methoxy groups -OCH3 is 1. The SMILES string of the molecule is COc1cccc(CNC(=O)C(=O)CCNC(=O)[C@H](O)C(C)(C)CO)c1. The van der Waals surface area contributed by atoms with Crippen molar-refractivity contribution in [3.63, 3.8) is 0 Å². The molecule has 0 heterocycles. The van der Waals surface area contributed by atoms with Gasteiger partial charge in [0.05, 0.1) is 13.7 Å². The number of aliphatic hydroxyl groups is 2. The predicted molar refractivity (Wildman–Crippen MR) is 94.3 cm³/mol. The quantitative estimate of drug-likeness (QED) is 0.424. The van der Waals surface area contributed by atoms with Gasteiger partial charge < -0.3 is 25.6 Å². The summed E-state index contributed by atoms with van der Waals surface area (Å²) in [5.41, 5.74) is -0.212. The van der Waals surface area contributed by atoms with E-state index in [1.807, 2.05) is 0 Å². The van der Waals surface area contributed by atoms with Gasteiger partial charge in [-0.3, -0.25) is 14.4 Å². The van der Waals surface area contributed by atoms with Crippen LogP contribution >= 0.6 is 0 Å². The standard InChI is InChI=1S/C18H26N2O6/c1-18(2,11-21)15(23)17(25)19-8-7-14(22)16(24)20-10-12-5-4-6-13(9-12)26-3/h4-6,9,15,21,23H,7-8,10-11H2,1-3H3,(H,19,25)(H,20,24)/t15-/m0/s1. The second-order valence-electron chi connectivity index (χ2n) is 6.55. The number of hydrogen-bond donors (Lipinski definition) is 4. The van der Waals surface area contributed by atoms with Crippen molar-refractivity contribution in [2.24, 2.45) is 5.41 Å². The van der Waals surface area contributed by atoms with Crippen LogP contribution in [0, 0.1) is 5.41 Å². The lowest BCUT2D eigenvalue weighted by molar-refractivity contribution is -0.139. The normalized spacial score (nSPS) is 12.2. The number of ether oxygens (including phenoxy) is 1. The van der Waals surface area contributed by atoms with Crippen LogP contribution in [0.3, 0.4) is 0 Å². The second-order valence-corrected chi connectivity index (χ2v) is 6.55. The number of amides is 2. The van der Waals surface area contributed by atoms with Crippen LogP contribution in [0.25, 0.3) is 0 Å². The van der Waals surface area contributed by atoms with Crippen molar-refractivity contribution in [3.05, 3.63) is 29.8 Å². The molecule has 0 radical (unpaired) electrons. The van der Waals surface area contributed by atoms with Crippen LogP contribution < -0.4 is 15.4 Å². The van der Waals surface area contributed by atoms with E-state index in [2.05, 4.69) is 10.6 Å². The highest BCUT2D eigenvalue weighted by atomic mass is 16.5. The summed E-state index contributed by atoms with van der Waals surface area (Å²) < 4.78 is 5.08. The van der Waals surface area contributed by atoms with Crippen LogP contribution in [0.1, 0.15) is 25.8 Å². The Morgan fingerprint density at radius 2 is 1.92 bits per heavy atom. The molecule has 1 atom stereocenters. The van der Waals surface area contributed by atoms with Gasteiger partial charge in [0.2, 0.25) is 11.7 Å². The molecule has 2 amide bonds. The molecule has 0 bridgehead atoms. The summed E-state index contributed by atoms with van der Waals surface area (Å²) >= 11 is 0. The number of ketones is 1. The van der Waals surface area contributed by atoms with E-state index in [-0.39, 0.29) is 26.1 Å². The molecule has 0 unspecified atom stereocenters. The van der Waals surface area contributed by atoms with Crippen molar-refractivity contribution in [3.8, 4) is 5.75 Å². The van der Waals surface area contributed by atoms with Gasteiger partial charge in [0.25, 0.3) is 5.91 Å². The van der Waals surface area contributed by atoms with E-state index >= 15 is 0 Å². The van der Waals surface area contributed by atoms with E-state index in [0.717, 1.165) is 5.56 Å². The Hall–Kier alpha value is -2.45. The summed E-state index contributed by atoms with van der Waals surface area (Å²) in [6.45, 7) is 2.80. The van der Waals surface area contributed by atoms with Gasteiger partial charge in [-0.05, 0) is 17.7 Å². The number of carbonyl (C=O) groups is 3. The zero-order valence-corrected chi connectivity index (χ0v) is 15.2. The first-order valence-electron chi connectivity index (χ1n) is 8.22. The van der Waals surface area contributed by atoms with Gasteiger partial charge >= 0.3 is 0 Å². The minimum absolute atomic E-state index is 0.0805. The molecule has 1 aromatic rings. The average Bonchev–Trinajstić information content (AvgIpc) is 2.65. The highest BCUT2D eigenvalue weighted by Crippen LogP contribution is 2.19. The predicted octanol–water partition coefficient (Wildman–Crippen LogP) is -0.234. The number of Topliss-reactive ketones (excluding diaryl/α,β-unsaturated/α-hetero) is 1. The van der Waals surface area contributed by atoms with Gasteiger partial charge in [-0.25, -0.2) is 0 Å². The second kappa shape index (κ2) is 9.88. The maximum Gasteiger partial charge on any atom is 0.287 e. The Kier molecular flexibility index (Phi) is 8.21. The monoisotopic (exact) mass is 366 g/mol. The first-order valence-corrected chi connectivity index (χ1v) is 8.22. The number of benzene rings is 1. The minimum atomic E-state index is -1.41. The number of carbonyl (C=O) groups excluding carboxylic acids is 3. The molecule has 0 spiro atoms. The van der Waals surface area contributed by atoms with E-state index in [9.17, 15) is 19.5 Å². The molecule has 0 aliphatic carbocycles. The lowest BCUT2D eigenvalue weighted by Gasteiger charge is -2.27. The zero-order chi connectivity index (χ0) is 19.7. The summed E-state index contributed by atoms with van der Waals surface area (Å²) in [5, 5.41) is 23.8. The summed E-state index contributed by atoms with van der Waals surface area (Å²) in [4.78, 5) is 35.4. The van der Waals surface area contributed by atoms with Crippen molar-refractivity contribution < 1.29 is 29.3 Å².